The lowest BCUT2D eigenvalue weighted by Crippen LogP contribution is -2.45. The minimum atomic E-state index is -0.848. The predicted molar refractivity (Wildman–Crippen MR) is 319 cm³/mol. The Labute approximate surface area is 455 Å². The third-order valence-corrected chi connectivity index (χ3v) is 15.2. The predicted octanol–water partition coefficient (Wildman–Crippen LogP) is 20.8. The molecular weight excluding hydrogens is 899 g/mol. The molecule has 0 aliphatic rings. The number of hydrogen-bond acceptors (Lipinski definition) is 5. The quantitative estimate of drug-likeness (QED) is 0.0320. The van der Waals surface area contributed by atoms with Gasteiger partial charge in [-0.15, -0.1) is 0 Å². The minimum Gasteiger partial charge on any atom is -0.466 e. The van der Waals surface area contributed by atoms with Crippen LogP contribution in [-0.2, 0) is 14.3 Å². The molecule has 3 N–H and O–H groups in total. The molecule has 6 heteroatoms. The van der Waals surface area contributed by atoms with Gasteiger partial charge in [0.25, 0.3) is 0 Å². The zero-order chi connectivity index (χ0) is 52.9. The molecule has 2 unspecified atom stereocenters. The molecule has 0 saturated carbocycles. The first-order chi connectivity index (χ1) is 36.0. The van der Waals surface area contributed by atoms with E-state index in [-0.39, 0.29) is 18.5 Å². The van der Waals surface area contributed by atoms with E-state index in [0.717, 1.165) is 44.9 Å². The SMILES string of the molecule is CCCCCCCCCCCCCC/C=C/C(O)C(CO)NC(=O)CCCCCCCCCCC/C=C\C/C=C\CCCCCCCCCCCOC(=O)CCCCCCCCCCCCCCCCCCC. The molecule has 0 rings (SSSR count). The van der Waals surface area contributed by atoms with Crippen molar-refractivity contribution in [1.82, 2.24) is 5.32 Å². The fraction of sp³-hybridized carbons (Fsp3) is 0.881. The lowest BCUT2D eigenvalue weighted by atomic mass is 10.0. The summed E-state index contributed by atoms with van der Waals surface area (Å²) in [5.41, 5.74) is 0. The number of amides is 1. The summed E-state index contributed by atoms with van der Waals surface area (Å²) in [6, 6.07) is -0.632. The molecular formula is C67H127NO5. The lowest BCUT2D eigenvalue weighted by Gasteiger charge is -2.20. The first kappa shape index (κ1) is 71.1. The summed E-state index contributed by atoms with van der Waals surface area (Å²) in [5.74, 6) is -0.0605. The number of aliphatic hydroxyl groups excluding tert-OH is 2. The number of allylic oxidation sites excluding steroid dienone is 5. The van der Waals surface area contributed by atoms with Crippen molar-refractivity contribution in [2.45, 2.75) is 366 Å². The molecule has 0 saturated heterocycles. The Kier molecular flexibility index (Phi) is 61.0. The maximum absolute atomic E-state index is 12.5. The van der Waals surface area contributed by atoms with Crippen LogP contribution in [0.25, 0.3) is 0 Å². The van der Waals surface area contributed by atoms with Gasteiger partial charge in [-0.25, -0.2) is 0 Å². The molecule has 0 bridgehead atoms. The highest BCUT2D eigenvalue weighted by atomic mass is 16.5. The second-order valence-electron chi connectivity index (χ2n) is 22.5. The lowest BCUT2D eigenvalue weighted by molar-refractivity contribution is -0.143. The third kappa shape index (κ3) is 59.2. The van der Waals surface area contributed by atoms with Crippen LogP contribution in [0, 0.1) is 0 Å². The molecule has 0 aromatic heterocycles. The van der Waals surface area contributed by atoms with Gasteiger partial charge in [-0.3, -0.25) is 9.59 Å². The van der Waals surface area contributed by atoms with Gasteiger partial charge in [0.15, 0.2) is 0 Å². The van der Waals surface area contributed by atoms with Crippen molar-refractivity contribution in [2.24, 2.45) is 0 Å². The van der Waals surface area contributed by atoms with Crippen molar-refractivity contribution in [2.75, 3.05) is 13.2 Å². The summed E-state index contributed by atoms with van der Waals surface area (Å²) < 4.78 is 5.50. The van der Waals surface area contributed by atoms with Crippen LogP contribution in [0.4, 0.5) is 0 Å². The van der Waals surface area contributed by atoms with E-state index in [1.807, 2.05) is 6.08 Å². The van der Waals surface area contributed by atoms with Crippen molar-refractivity contribution < 1.29 is 24.5 Å². The topological polar surface area (TPSA) is 95.9 Å². The van der Waals surface area contributed by atoms with E-state index in [9.17, 15) is 19.8 Å². The van der Waals surface area contributed by atoms with Crippen LogP contribution in [0.15, 0.2) is 36.5 Å². The molecule has 0 radical (unpaired) electrons. The Hall–Kier alpha value is -1.92. The summed E-state index contributed by atoms with van der Waals surface area (Å²) in [6.45, 7) is 4.92. The Balaban J connectivity index is 3.43. The molecule has 73 heavy (non-hydrogen) atoms. The van der Waals surface area contributed by atoms with Crippen LogP contribution in [0.3, 0.4) is 0 Å². The van der Waals surface area contributed by atoms with Crippen LogP contribution < -0.4 is 5.32 Å². The normalized spacial score (nSPS) is 12.8. The average molecular weight is 1030 g/mol. The number of unbranched alkanes of at least 4 members (excludes halogenated alkanes) is 46. The van der Waals surface area contributed by atoms with Gasteiger partial charge in [-0.1, -0.05) is 314 Å². The summed E-state index contributed by atoms with van der Waals surface area (Å²) in [4.78, 5) is 24.5. The van der Waals surface area contributed by atoms with Gasteiger partial charge in [0.05, 0.1) is 25.4 Å². The van der Waals surface area contributed by atoms with E-state index < -0.39 is 12.1 Å². The summed E-state index contributed by atoms with van der Waals surface area (Å²) in [6.07, 6.45) is 79.1. The fourth-order valence-corrected chi connectivity index (χ4v) is 10.1. The van der Waals surface area contributed by atoms with Crippen LogP contribution >= 0.6 is 0 Å². The number of aliphatic hydroxyl groups is 2. The molecule has 0 aliphatic carbocycles. The van der Waals surface area contributed by atoms with Gasteiger partial charge in [-0.2, -0.15) is 0 Å². The highest BCUT2D eigenvalue weighted by molar-refractivity contribution is 5.76. The van der Waals surface area contributed by atoms with Crippen LogP contribution in [0.1, 0.15) is 354 Å². The second kappa shape index (κ2) is 62.6. The van der Waals surface area contributed by atoms with E-state index in [1.165, 1.54) is 283 Å². The summed E-state index contributed by atoms with van der Waals surface area (Å²) >= 11 is 0. The van der Waals surface area contributed by atoms with Crippen molar-refractivity contribution in [3.8, 4) is 0 Å². The molecule has 430 valence electrons. The zero-order valence-corrected chi connectivity index (χ0v) is 49.1. The number of rotatable bonds is 61. The van der Waals surface area contributed by atoms with Gasteiger partial charge in [0.1, 0.15) is 0 Å². The van der Waals surface area contributed by atoms with Crippen LogP contribution in [0.2, 0.25) is 0 Å². The number of carbonyl (C=O) groups excluding carboxylic acids is 2. The van der Waals surface area contributed by atoms with Crippen molar-refractivity contribution >= 4 is 11.9 Å². The fourth-order valence-electron chi connectivity index (χ4n) is 10.1. The third-order valence-electron chi connectivity index (χ3n) is 15.2. The first-order valence-corrected chi connectivity index (χ1v) is 32.8. The van der Waals surface area contributed by atoms with Crippen molar-refractivity contribution in [3.05, 3.63) is 36.5 Å². The molecule has 0 aromatic rings. The van der Waals surface area contributed by atoms with Crippen molar-refractivity contribution in [3.63, 3.8) is 0 Å². The Bertz CT molecular complexity index is 1180. The maximum Gasteiger partial charge on any atom is 0.305 e. The molecule has 1 amide bonds. The van der Waals surface area contributed by atoms with Crippen molar-refractivity contribution in [1.29, 1.82) is 0 Å². The van der Waals surface area contributed by atoms with E-state index in [2.05, 4.69) is 43.5 Å². The zero-order valence-electron chi connectivity index (χ0n) is 49.1. The average Bonchev–Trinajstić information content (AvgIpc) is 3.39. The standard InChI is InChI=1S/C67H127NO5/c1-3-5-7-9-11-13-15-17-19-29-33-37-41-45-49-53-57-61-67(72)73-62-58-54-50-46-42-38-34-31-28-26-24-22-20-21-23-25-27-30-32-36-40-44-48-52-56-60-66(71)68-64(63-69)65(70)59-55-51-47-43-39-35-18-16-14-12-10-8-6-4-2/h21-24,55,59,64-65,69-70H,3-20,25-54,56-58,60-63H2,1-2H3,(H,68,71)/b23-21-,24-22-,59-55+. The van der Waals surface area contributed by atoms with E-state index in [1.54, 1.807) is 6.08 Å². The highest BCUT2D eigenvalue weighted by Gasteiger charge is 2.18. The van der Waals surface area contributed by atoms with Gasteiger partial charge in [0.2, 0.25) is 5.91 Å². The monoisotopic (exact) mass is 1030 g/mol. The summed E-state index contributed by atoms with van der Waals surface area (Å²) in [5, 5.41) is 23.1. The number of esters is 1. The van der Waals surface area contributed by atoms with Gasteiger partial charge in [0, 0.05) is 12.8 Å². The number of hydrogen-bond donors (Lipinski definition) is 3. The molecule has 0 aromatic carbocycles. The Morgan fingerprint density at radius 2 is 0.685 bits per heavy atom. The van der Waals surface area contributed by atoms with Gasteiger partial charge >= 0.3 is 5.97 Å². The first-order valence-electron chi connectivity index (χ1n) is 32.8. The second-order valence-corrected chi connectivity index (χ2v) is 22.5. The minimum absolute atomic E-state index is 0.0127. The Morgan fingerprint density at radius 3 is 1.04 bits per heavy atom. The Morgan fingerprint density at radius 1 is 0.384 bits per heavy atom. The smallest absolute Gasteiger partial charge is 0.305 e. The van der Waals surface area contributed by atoms with Gasteiger partial charge in [-0.05, 0) is 64.2 Å². The van der Waals surface area contributed by atoms with E-state index in [0.29, 0.717) is 19.4 Å². The molecule has 0 aliphatic heterocycles. The summed E-state index contributed by atoms with van der Waals surface area (Å²) in [7, 11) is 0. The molecule has 6 nitrogen and oxygen atoms in total. The van der Waals surface area contributed by atoms with Crippen LogP contribution in [0.5, 0.6) is 0 Å². The van der Waals surface area contributed by atoms with Gasteiger partial charge < -0.3 is 20.3 Å². The maximum atomic E-state index is 12.5. The number of nitrogens with one attached hydrogen (secondary N) is 1. The molecule has 0 spiro atoms. The van der Waals surface area contributed by atoms with E-state index >= 15 is 0 Å². The van der Waals surface area contributed by atoms with E-state index in [4.69, 9.17) is 4.74 Å². The van der Waals surface area contributed by atoms with Crippen LogP contribution in [-0.4, -0.2) is 47.4 Å². The number of ether oxygens (including phenoxy) is 1. The number of carbonyl (C=O) groups is 2. The largest absolute Gasteiger partial charge is 0.466 e. The molecule has 0 heterocycles. The highest BCUT2D eigenvalue weighted by Crippen LogP contribution is 2.17. The molecule has 0 fully saturated rings. The molecule has 2 atom stereocenters.